The summed E-state index contributed by atoms with van der Waals surface area (Å²) in [6.07, 6.45) is 9.15. The lowest BCUT2D eigenvalue weighted by molar-refractivity contribution is 0.371. The largest absolute Gasteiger partial charge is 0.303 e. The summed E-state index contributed by atoms with van der Waals surface area (Å²) in [6.45, 7) is 4.35. The van der Waals surface area contributed by atoms with E-state index in [2.05, 4.69) is 42.1 Å². The molecule has 76 valence electrons. The monoisotopic (exact) mass is 190 g/mol. The van der Waals surface area contributed by atoms with Crippen LogP contribution in [0.1, 0.15) is 18.9 Å². The van der Waals surface area contributed by atoms with Crippen LogP contribution in [0.2, 0.25) is 0 Å². The first-order chi connectivity index (χ1) is 6.83. The van der Waals surface area contributed by atoms with Crippen LogP contribution in [0.4, 0.5) is 0 Å². The molecular weight excluding hydrogens is 172 g/mol. The summed E-state index contributed by atoms with van der Waals surface area (Å²) in [7, 11) is 2.14. The molecule has 0 N–H and O–H groups in total. The maximum atomic E-state index is 4.05. The molecule has 0 atom stereocenters. The fraction of sp³-hybridized carbons (Fsp3) is 0.417. The molecule has 0 amide bonds. The van der Waals surface area contributed by atoms with Crippen molar-refractivity contribution >= 4 is 6.08 Å². The summed E-state index contributed by atoms with van der Waals surface area (Å²) in [5, 5.41) is 0. The first-order valence-corrected chi connectivity index (χ1v) is 5.08. The van der Waals surface area contributed by atoms with E-state index in [9.17, 15) is 0 Å². The van der Waals surface area contributed by atoms with E-state index in [4.69, 9.17) is 0 Å². The Balaban J connectivity index is 2.34. The van der Waals surface area contributed by atoms with Crippen molar-refractivity contribution in [2.45, 2.75) is 13.3 Å². The third-order valence-corrected chi connectivity index (χ3v) is 2.02. The van der Waals surface area contributed by atoms with E-state index >= 15 is 0 Å². The molecule has 0 saturated heterocycles. The molecule has 0 saturated carbocycles. The van der Waals surface area contributed by atoms with Crippen LogP contribution < -0.4 is 0 Å². The maximum Gasteiger partial charge on any atom is 0.0340 e. The van der Waals surface area contributed by atoms with Crippen molar-refractivity contribution in [3.05, 3.63) is 36.2 Å². The van der Waals surface area contributed by atoms with Crippen molar-refractivity contribution in [1.82, 2.24) is 9.88 Å². The standard InChI is InChI=1S/C12H18N2/c1-3-9-14(2)10-5-7-12-6-4-8-13-11-12/h4-8,11H,3,9-10H2,1-2H3/b7-5+. The Morgan fingerprint density at radius 1 is 1.50 bits per heavy atom. The lowest BCUT2D eigenvalue weighted by atomic mass is 10.2. The molecule has 14 heavy (non-hydrogen) atoms. The predicted octanol–water partition coefficient (Wildman–Crippen LogP) is 2.44. The summed E-state index contributed by atoms with van der Waals surface area (Å²) in [6, 6.07) is 4.01. The molecule has 1 heterocycles. The predicted molar refractivity (Wildman–Crippen MR) is 61.1 cm³/mol. The second kappa shape index (κ2) is 6.33. The molecule has 0 aromatic carbocycles. The van der Waals surface area contributed by atoms with E-state index in [1.807, 2.05) is 12.3 Å². The molecule has 1 rings (SSSR count). The van der Waals surface area contributed by atoms with Crippen molar-refractivity contribution in [3.8, 4) is 0 Å². The normalized spacial score (nSPS) is 11.4. The van der Waals surface area contributed by atoms with Crippen LogP contribution in [-0.4, -0.2) is 30.0 Å². The molecule has 0 aliphatic carbocycles. The third-order valence-electron chi connectivity index (χ3n) is 2.02. The van der Waals surface area contributed by atoms with Crippen LogP contribution in [0.3, 0.4) is 0 Å². The molecule has 1 aromatic heterocycles. The van der Waals surface area contributed by atoms with Gasteiger partial charge in [-0.3, -0.25) is 4.98 Å². The Hall–Kier alpha value is -1.15. The van der Waals surface area contributed by atoms with Gasteiger partial charge in [-0.2, -0.15) is 0 Å². The van der Waals surface area contributed by atoms with Crippen molar-refractivity contribution < 1.29 is 0 Å². The Kier molecular flexibility index (Phi) is 4.94. The van der Waals surface area contributed by atoms with Gasteiger partial charge in [0.25, 0.3) is 0 Å². The summed E-state index contributed by atoms with van der Waals surface area (Å²) >= 11 is 0. The molecule has 0 fully saturated rings. The molecule has 0 unspecified atom stereocenters. The topological polar surface area (TPSA) is 16.1 Å². The Morgan fingerprint density at radius 3 is 3.00 bits per heavy atom. The van der Waals surface area contributed by atoms with E-state index in [1.165, 1.54) is 6.42 Å². The minimum absolute atomic E-state index is 1.00. The van der Waals surface area contributed by atoms with Gasteiger partial charge in [-0.05, 0) is 31.6 Å². The first-order valence-electron chi connectivity index (χ1n) is 5.08. The van der Waals surface area contributed by atoms with Gasteiger partial charge in [0.2, 0.25) is 0 Å². The van der Waals surface area contributed by atoms with Gasteiger partial charge >= 0.3 is 0 Å². The number of pyridine rings is 1. The van der Waals surface area contributed by atoms with Crippen LogP contribution >= 0.6 is 0 Å². The Labute approximate surface area is 86.3 Å². The second-order valence-electron chi connectivity index (χ2n) is 3.45. The van der Waals surface area contributed by atoms with E-state index in [1.54, 1.807) is 6.20 Å². The number of aromatic nitrogens is 1. The van der Waals surface area contributed by atoms with Crippen molar-refractivity contribution in [3.63, 3.8) is 0 Å². The fourth-order valence-corrected chi connectivity index (χ4v) is 1.32. The van der Waals surface area contributed by atoms with Gasteiger partial charge in [-0.1, -0.05) is 25.1 Å². The lowest BCUT2D eigenvalue weighted by Gasteiger charge is -2.11. The number of rotatable bonds is 5. The molecule has 0 spiro atoms. The van der Waals surface area contributed by atoms with Gasteiger partial charge in [0, 0.05) is 18.9 Å². The van der Waals surface area contributed by atoms with Crippen molar-refractivity contribution in [1.29, 1.82) is 0 Å². The van der Waals surface area contributed by atoms with E-state index in [0.717, 1.165) is 18.7 Å². The summed E-state index contributed by atoms with van der Waals surface area (Å²) in [4.78, 5) is 6.35. The Morgan fingerprint density at radius 2 is 2.36 bits per heavy atom. The lowest BCUT2D eigenvalue weighted by Crippen LogP contribution is -2.18. The molecule has 0 aliphatic rings. The van der Waals surface area contributed by atoms with Crippen LogP contribution in [0.15, 0.2) is 30.6 Å². The van der Waals surface area contributed by atoms with Crippen LogP contribution in [0, 0.1) is 0 Å². The SMILES string of the molecule is CCCN(C)C/C=C/c1cccnc1. The highest BCUT2D eigenvalue weighted by Gasteiger charge is 1.91. The molecule has 0 aliphatic heterocycles. The van der Waals surface area contributed by atoms with Gasteiger partial charge in [-0.25, -0.2) is 0 Å². The van der Waals surface area contributed by atoms with E-state index < -0.39 is 0 Å². The smallest absolute Gasteiger partial charge is 0.0340 e. The van der Waals surface area contributed by atoms with Crippen LogP contribution in [0.5, 0.6) is 0 Å². The van der Waals surface area contributed by atoms with Gasteiger partial charge in [0.05, 0.1) is 0 Å². The maximum absolute atomic E-state index is 4.05. The summed E-state index contributed by atoms with van der Waals surface area (Å²) in [5.74, 6) is 0. The highest BCUT2D eigenvalue weighted by atomic mass is 15.1. The van der Waals surface area contributed by atoms with E-state index in [-0.39, 0.29) is 0 Å². The van der Waals surface area contributed by atoms with Crippen molar-refractivity contribution in [2.24, 2.45) is 0 Å². The number of likely N-dealkylation sites (N-methyl/N-ethyl adjacent to an activating group) is 1. The molecule has 0 radical (unpaired) electrons. The molecule has 0 bridgehead atoms. The molecular formula is C12H18N2. The Bertz CT molecular complexity index is 267. The molecule has 2 heteroatoms. The van der Waals surface area contributed by atoms with Crippen molar-refractivity contribution in [2.75, 3.05) is 20.1 Å². The van der Waals surface area contributed by atoms with E-state index in [0.29, 0.717) is 0 Å². The molecule has 2 nitrogen and oxygen atoms in total. The zero-order chi connectivity index (χ0) is 10.2. The second-order valence-corrected chi connectivity index (χ2v) is 3.45. The molecule has 1 aromatic rings. The van der Waals surface area contributed by atoms with Gasteiger partial charge < -0.3 is 4.90 Å². The highest BCUT2D eigenvalue weighted by molar-refractivity contribution is 5.47. The quantitative estimate of drug-likeness (QED) is 0.709. The summed E-state index contributed by atoms with van der Waals surface area (Å²) in [5.41, 5.74) is 1.16. The van der Waals surface area contributed by atoms with Crippen LogP contribution in [0.25, 0.3) is 6.08 Å². The average molecular weight is 190 g/mol. The number of hydrogen-bond acceptors (Lipinski definition) is 2. The number of hydrogen-bond donors (Lipinski definition) is 0. The highest BCUT2D eigenvalue weighted by Crippen LogP contribution is 1.98. The fourth-order valence-electron chi connectivity index (χ4n) is 1.32. The number of nitrogens with zero attached hydrogens (tertiary/aromatic N) is 2. The zero-order valence-corrected chi connectivity index (χ0v) is 8.98. The average Bonchev–Trinajstić information content (AvgIpc) is 2.20. The first kappa shape index (κ1) is 10.9. The van der Waals surface area contributed by atoms with Gasteiger partial charge in [0.15, 0.2) is 0 Å². The minimum atomic E-state index is 1.00. The summed E-state index contributed by atoms with van der Waals surface area (Å²) < 4.78 is 0. The van der Waals surface area contributed by atoms with Gasteiger partial charge in [0.1, 0.15) is 0 Å². The van der Waals surface area contributed by atoms with Gasteiger partial charge in [-0.15, -0.1) is 0 Å². The third kappa shape index (κ3) is 4.19. The minimum Gasteiger partial charge on any atom is -0.303 e. The van der Waals surface area contributed by atoms with Crippen LogP contribution in [-0.2, 0) is 0 Å². The zero-order valence-electron chi connectivity index (χ0n) is 8.98.